The summed E-state index contributed by atoms with van der Waals surface area (Å²) >= 11 is 12.9. The molecule has 0 bridgehead atoms. The van der Waals surface area contributed by atoms with Crippen LogP contribution in [0.1, 0.15) is 31.0 Å². The van der Waals surface area contributed by atoms with Gasteiger partial charge in [-0.2, -0.15) is 0 Å². The van der Waals surface area contributed by atoms with Crippen LogP contribution in [-0.4, -0.2) is 51.2 Å². The molecule has 1 aliphatic heterocycles. The first-order chi connectivity index (χ1) is 19.2. The van der Waals surface area contributed by atoms with Gasteiger partial charge in [0.05, 0.1) is 49.2 Å². The number of ether oxygens (including phenoxy) is 3. The first kappa shape index (κ1) is 29.1. The second-order valence-corrected chi connectivity index (χ2v) is 9.68. The number of nitrogens with zero attached hydrogens (tertiary/aromatic N) is 2. The van der Waals surface area contributed by atoms with Crippen LogP contribution < -0.4 is 24.0 Å². The summed E-state index contributed by atoms with van der Waals surface area (Å²) in [4.78, 5) is 30.8. The molecule has 1 unspecified atom stereocenters. The maximum atomic E-state index is 13.7. The molecule has 8 nitrogen and oxygen atoms in total. The number of amides is 1. The molecule has 0 saturated carbocycles. The van der Waals surface area contributed by atoms with Crippen LogP contribution in [-0.2, 0) is 9.59 Å². The molecule has 3 aromatic carbocycles. The molecule has 3 aromatic rings. The third-order valence-electron chi connectivity index (χ3n) is 6.92. The Hall–Kier alpha value is -3.88. The Bertz CT molecular complexity index is 1470. The Labute approximate surface area is 243 Å². The van der Waals surface area contributed by atoms with E-state index in [9.17, 15) is 14.7 Å². The van der Waals surface area contributed by atoms with Crippen molar-refractivity contribution in [3.63, 3.8) is 0 Å². The number of Topliss-reactive ketones (excluding diaryl/α,β-unsaturated/α-hetero) is 1. The van der Waals surface area contributed by atoms with Crippen LogP contribution in [0.25, 0.3) is 5.76 Å². The Balaban J connectivity index is 2.01. The van der Waals surface area contributed by atoms with Crippen molar-refractivity contribution in [1.29, 1.82) is 0 Å². The van der Waals surface area contributed by atoms with Crippen molar-refractivity contribution in [3.8, 4) is 17.2 Å². The first-order valence-corrected chi connectivity index (χ1v) is 13.4. The van der Waals surface area contributed by atoms with E-state index in [1.807, 2.05) is 24.3 Å². The highest BCUT2D eigenvalue weighted by Gasteiger charge is 2.48. The van der Waals surface area contributed by atoms with E-state index in [1.54, 1.807) is 24.3 Å². The van der Waals surface area contributed by atoms with E-state index in [2.05, 4.69) is 18.7 Å². The third kappa shape index (κ3) is 4.93. The lowest BCUT2D eigenvalue weighted by Crippen LogP contribution is -2.30. The van der Waals surface area contributed by atoms with Gasteiger partial charge in [-0.15, -0.1) is 0 Å². The van der Waals surface area contributed by atoms with E-state index in [-0.39, 0.29) is 32.7 Å². The number of aliphatic hydroxyl groups excluding tert-OH is 1. The molecular weight excluding hydrogens is 555 g/mol. The zero-order valence-electron chi connectivity index (χ0n) is 22.8. The second kappa shape index (κ2) is 12.1. The minimum absolute atomic E-state index is 0.0122. The van der Waals surface area contributed by atoms with Crippen molar-refractivity contribution in [3.05, 3.63) is 81.3 Å². The molecule has 1 fully saturated rings. The topological polar surface area (TPSA) is 88.5 Å². The van der Waals surface area contributed by atoms with Gasteiger partial charge in [-0.25, -0.2) is 0 Å². The van der Waals surface area contributed by atoms with E-state index in [4.69, 9.17) is 37.4 Å². The summed E-state index contributed by atoms with van der Waals surface area (Å²) in [5.74, 6) is -1.62. The first-order valence-electron chi connectivity index (χ1n) is 12.6. The molecular formula is C30H30Cl2N2O6. The van der Waals surface area contributed by atoms with Crippen molar-refractivity contribution in [1.82, 2.24) is 0 Å². The van der Waals surface area contributed by atoms with Gasteiger partial charge in [0.1, 0.15) is 16.5 Å². The normalized spacial score (nSPS) is 16.3. The number of para-hydroxylation sites is 2. The molecule has 40 heavy (non-hydrogen) atoms. The van der Waals surface area contributed by atoms with Crippen molar-refractivity contribution < 1.29 is 28.9 Å². The van der Waals surface area contributed by atoms with Gasteiger partial charge >= 0.3 is 0 Å². The number of carbonyl (C=O) groups excluding carboxylic acids is 2. The van der Waals surface area contributed by atoms with Crippen LogP contribution in [0.2, 0.25) is 10.0 Å². The van der Waals surface area contributed by atoms with Crippen LogP contribution in [0.4, 0.5) is 11.4 Å². The van der Waals surface area contributed by atoms with Gasteiger partial charge < -0.3 is 24.2 Å². The number of hydrogen-bond donors (Lipinski definition) is 1. The van der Waals surface area contributed by atoms with Gasteiger partial charge in [0.2, 0.25) is 0 Å². The van der Waals surface area contributed by atoms with Crippen LogP contribution in [0, 0.1) is 0 Å². The number of anilines is 2. The van der Waals surface area contributed by atoms with Crippen molar-refractivity contribution in [2.24, 2.45) is 0 Å². The minimum atomic E-state index is -0.994. The molecule has 1 saturated heterocycles. The van der Waals surface area contributed by atoms with E-state index in [1.165, 1.54) is 32.3 Å². The Morgan fingerprint density at radius 3 is 2.12 bits per heavy atom. The second-order valence-electron chi connectivity index (χ2n) is 8.89. The van der Waals surface area contributed by atoms with Gasteiger partial charge in [-0.05, 0) is 49.7 Å². The van der Waals surface area contributed by atoms with E-state index < -0.39 is 23.5 Å². The molecule has 1 atom stereocenters. The molecule has 1 aliphatic rings. The molecule has 1 N–H and O–H groups in total. The number of halogens is 2. The van der Waals surface area contributed by atoms with Gasteiger partial charge in [0, 0.05) is 18.8 Å². The Morgan fingerprint density at radius 1 is 0.925 bits per heavy atom. The summed E-state index contributed by atoms with van der Waals surface area (Å²) in [5.41, 5.74) is 1.86. The standard InChI is InChI=1S/C30H30Cl2N2O6/c1-6-33(7-2)18-14-12-17(13-15-18)25-23(26(35)19-16-20(31)29(40-5)24(32)28(19)39-4)27(36)30(37)34(25)21-10-8-9-11-22(21)38-3/h8-16,25,35H,6-7H2,1-5H3/b26-23+. The van der Waals surface area contributed by atoms with Gasteiger partial charge in [-0.3, -0.25) is 14.5 Å². The predicted molar refractivity (Wildman–Crippen MR) is 157 cm³/mol. The largest absolute Gasteiger partial charge is 0.507 e. The summed E-state index contributed by atoms with van der Waals surface area (Å²) in [6.07, 6.45) is 0. The lowest BCUT2D eigenvalue weighted by Gasteiger charge is -2.28. The fraction of sp³-hybridized carbons (Fsp3) is 0.267. The summed E-state index contributed by atoms with van der Waals surface area (Å²) in [6, 6.07) is 14.8. The molecule has 0 aliphatic carbocycles. The van der Waals surface area contributed by atoms with Crippen LogP contribution in [0.3, 0.4) is 0 Å². The predicted octanol–water partition coefficient (Wildman–Crippen LogP) is 6.49. The highest BCUT2D eigenvalue weighted by atomic mass is 35.5. The molecule has 0 aromatic heterocycles. The number of methoxy groups -OCH3 is 3. The van der Waals surface area contributed by atoms with E-state index in [0.717, 1.165) is 18.8 Å². The highest BCUT2D eigenvalue weighted by molar-refractivity contribution is 6.52. The zero-order valence-corrected chi connectivity index (χ0v) is 24.3. The molecule has 1 heterocycles. The fourth-order valence-corrected chi connectivity index (χ4v) is 5.66. The summed E-state index contributed by atoms with van der Waals surface area (Å²) in [5, 5.41) is 11.8. The maximum absolute atomic E-state index is 13.7. The van der Waals surface area contributed by atoms with E-state index in [0.29, 0.717) is 17.0 Å². The highest BCUT2D eigenvalue weighted by Crippen LogP contribution is 2.49. The van der Waals surface area contributed by atoms with Gasteiger partial charge in [-0.1, -0.05) is 47.5 Å². The average Bonchev–Trinajstić information content (AvgIpc) is 3.23. The number of ketones is 1. The monoisotopic (exact) mass is 584 g/mol. The molecule has 210 valence electrons. The minimum Gasteiger partial charge on any atom is -0.507 e. The number of aliphatic hydroxyl groups is 1. The fourth-order valence-electron chi connectivity index (χ4n) is 4.97. The zero-order chi connectivity index (χ0) is 29.1. The molecule has 1 amide bonds. The number of benzene rings is 3. The number of carbonyl (C=O) groups is 2. The van der Waals surface area contributed by atoms with Crippen LogP contribution >= 0.6 is 23.2 Å². The Morgan fingerprint density at radius 2 is 1.55 bits per heavy atom. The van der Waals surface area contributed by atoms with Crippen molar-refractivity contribution in [2.75, 3.05) is 44.2 Å². The van der Waals surface area contributed by atoms with Crippen molar-refractivity contribution in [2.45, 2.75) is 19.9 Å². The molecule has 0 radical (unpaired) electrons. The number of hydrogen-bond acceptors (Lipinski definition) is 7. The smallest absolute Gasteiger partial charge is 0.300 e. The molecule has 0 spiro atoms. The van der Waals surface area contributed by atoms with Gasteiger partial charge in [0.15, 0.2) is 11.5 Å². The summed E-state index contributed by atoms with van der Waals surface area (Å²) in [7, 11) is 4.24. The third-order valence-corrected chi connectivity index (χ3v) is 7.55. The maximum Gasteiger partial charge on any atom is 0.300 e. The summed E-state index contributed by atoms with van der Waals surface area (Å²) in [6.45, 7) is 5.75. The summed E-state index contributed by atoms with van der Waals surface area (Å²) < 4.78 is 16.3. The van der Waals surface area contributed by atoms with Crippen LogP contribution in [0.5, 0.6) is 17.2 Å². The van der Waals surface area contributed by atoms with Crippen LogP contribution in [0.15, 0.2) is 60.2 Å². The molecule has 4 rings (SSSR count). The van der Waals surface area contributed by atoms with Gasteiger partial charge in [0.25, 0.3) is 11.7 Å². The number of rotatable bonds is 9. The quantitative estimate of drug-likeness (QED) is 0.174. The molecule has 10 heteroatoms. The van der Waals surface area contributed by atoms with E-state index >= 15 is 0 Å². The lowest BCUT2D eigenvalue weighted by molar-refractivity contribution is -0.132. The van der Waals surface area contributed by atoms with Crippen molar-refractivity contribution >= 4 is 52.0 Å². The average molecular weight is 585 g/mol. The lowest BCUT2D eigenvalue weighted by atomic mass is 9.94. The Kier molecular flexibility index (Phi) is 8.81. The SMILES string of the molecule is CCN(CC)c1ccc(C2/C(=C(\O)c3cc(Cl)c(OC)c(Cl)c3OC)C(=O)C(=O)N2c2ccccc2OC)cc1.